The molecule has 0 aromatic heterocycles. The summed E-state index contributed by atoms with van der Waals surface area (Å²) in [6, 6.07) is 11.8. The number of hydrogen-bond acceptors (Lipinski definition) is 2. The number of piperazine rings is 1. The van der Waals surface area contributed by atoms with Crippen molar-refractivity contribution < 1.29 is 0 Å². The zero-order valence-electron chi connectivity index (χ0n) is 11.7. The number of fused-ring (bicyclic) bond motifs is 2. The summed E-state index contributed by atoms with van der Waals surface area (Å²) in [5.74, 6) is 2.11. The highest BCUT2D eigenvalue weighted by Crippen LogP contribution is 2.46. The quantitative estimate of drug-likeness (QED) is 0.802. The highest BCUT2D eigenvalue weighted by Gasteiger charge is 2.42. The van der Waals surface area contributed by atoms with E-state index in [1.165, 1.54) is 57.5 Å². The van der Waals surface area contributed by atoms with E-state index in [-0.39, 0.29) is 0 Å². The van der Waals surface area contributed by atoms with E-state index in [9.17, 15) is 0 Å². The molecule has 0 spiro atoms. The Morgan fingerprint density at radius 1 is 0.842 bits per heavy atom. The monoisotopic (exact) mass is 256 g/mol. The average Bonchev–Trinajstić information content (AvgIpc) is 3.11. The highest BCUT2D eigenvalue weighted by molar-refractivity contribution is 5.46. The molecule has 3 fully saturated rings. The summed E-state index contributed by atoms with van der Waals surface area (Å²) in [5.41, 5.74) is 1.40. The second-order valence-corrected chi connectivity index (χ2v) is 6.60. The molecule has 3 atom stereocenters. The Morgan fingerprint density at radius 3 is 2.26 bits per heavy atom. The summed E-state index contributed by atoms with van der Waals surface area (Å²) in [4.78, 5) is 5.34. The van der Waals surface area contributed by atoms with Crippen LogP contribution >= 0.6 is 0 Å². The first-order chi connectivity index (χ1) is 9.40. The summed E-state index contributed by atoms with van der Waals surface area (Å²) in [5, 5.41) is 0. The predicted molar refractivity (Wildman–Crippen MR) is 79.5 cm³/mol. The van der Waals surface area contributed by atoms with E-state index in [0.717, 1.165) is 17.9 Å². The van der Waals surface area contributed by atoms with Crippen molar-refractivity contribution in [2.24, 2.45) is 11.8 Å². The molecule has 3 aliphatic rings. The van der Waals surface area contributed by atoms with E-state index in [1.54, 1.807) is 0 Å². The van der Waals surface area contributed by atoms with Crippen LogP contribution in [0.25, 0.3) is 0 Å². The first kappa shape index (κ1) is 11.8. The molecule has 1 aromatic rings. The average molecular weight is 256 g/mol. The third kappa shape index (κ3) is 2.16. The van der Waals surface area contributed by atoms with Crippen molar-refractivity contribution in [1.29, 1.82) is 0 Å². The number of para-hydroxylation sites is 1. The maximum atomic E-state index is 2.79. The van der Waals surface area contributed by atoms with Crippen LogP contribution in [-0.2, 0) is 0 Å². The van der Waals surface area contributed by atoms with Crippen LogP contribution in [0.4, 0.5) is 5.69 Å². The lowest BCUT2D eigenvalue weighted by atomic mass is 9.93. The van der Waals surface area contributed by atoms with E-state index < -0.39 is 0 Å². The molecule has 0 N–H and O–H groups in total. The zero-order valence-corrected chi connectivity index (χ0v) is 11.7. The van der Waals surface area contributed by atoms with Gasteiger partial charge < -0.3 is 4.90 Å². The van der Waals surface area contributed by atoms with E-state index in [2.05, 4.69) is 40.1 Å². The van der Waals surface area contributed by atoms with Crippen molar-refractivity contribution in [2.45, 2.75) is 31.7 Å². The molecule has 4 rings (SSSR count). The summed E-state index contributed by atoms with van der Waals surface area (Å²) >= 11 is 0. The summed E-state index contributed by atoms with van der Waals surface area (Å²) in [6.45, 7) is 4.95. The second-order valence-electron chi connectivity index (χ2n) is 6.60. The van der Waals surface area contributed by atoms with Crippen LogP contribution in [0.15, 0.2) is 30.3 Å². The number of rotatable bonds is 2. The van der Waals surface area contributed by atoms with Gasteiger partial charge in [-0.05, 0) is 43.2 Å². The summed E-state index contributed by atoms with van der Waals surface area (Å²) < 4.78 is 0. The van der Waals surface area contributed by atoms with Crippen LogP contribution in [0.3, 0.4) is 0 Å². The molecule has 0 radical (unpaired) electrons. The maximum Gasteiger partial charge on any atom is 0.0367 e. The smallest absolute Gasteiger partial charge is 0.0367 e. The molecule has 1 aliphatic heterocycles. The minimum atomic E-state index is 0.927. The van der Waals surface area contributed by atoms with Crippen LogP contribution in [0.2, 0.25) is 0 Å². The van der Waals surface area contributed by atoms with E-state index >= 15 is 0 Å². The van der Waals surface area contributed by atoms with Crippen molar-refractivity contribution in [1.82, 2.24) is 4.90 Å². The Hall–Kier alpha value is -1.02. The van der Waals surface area contributed by atoms with Gasteiger partial charge in [-0.3, -0.25) is 4.90 Å². The Bertz CT molecular complexity index is 422. The van der Waals surface area contributed by atoms with Gasteiger partial charge in [0.15, 0.2) is 0 Å². The molecule has 1 heterocycles. The van der Waals surface area contributed by atoms with Gasteiger partial charge in [-0.15, -0.1) is 0 Å². The fraction of sp³-hybridized carbons (Fsp3) is 0.647. The molecule has 1 aromatic carbocycles. The summed E-state index contributed by atoms with van der Waals surface area (Å²) in [7, 11) is 0. The number of hydrogen-bond donors (Lipinski definition) is 0. The molecule has 0 amide bonds. The van der Waals surface area contributed by atoms with Crippen LogP contribution in [-0.4, -0.2) is 37.1 Å². The van der Waals surface area contributed by atoms with Gasteiger partial charge in [0.05, 0.1) is 0 Å². The third-order valence-electron chi connectivity index (χ3n) is 5.61. The minimum absolute atomic E-state index is 0.927. The van der Waals surface area contributed by atoms with Crippen LogP contribution in [0, 0.1) is 11.8 Å². The predicted octanol–water partition coefficient (Wildman–Crippen LogP) is 3.00. The van der Waals surface area contributed by atoms with Crippen LogP contribution in [0.1, 0.15) is 25.7 Å². The van der Waals surface area contributed by atoms with Gasteiger partial charge >= 0.3 is 0 Å². The molecule has 2 bridgehead atoms. The fourth-order valence-corrected chi connectivity index (χ4v) is 4.61. The SMILES string of the molecule is c1ccc(N2CCN([C@@H]3C[C@@H]4CC[C@H]3C4)CC2)cc1. The van der Waals surface area contributed by atoms with Gasteiger partial charge in [0.1, 0.15) is 0 Å². The van der Waals surface area contributed by atoms with E-state index in [4.69, 9.17) is 0 Å². The van der Waals surface area contributed by atoms with Gasteiger partial charge in [-0.2, -0.15) is 0 Å². The second kappa shape index (κ2) is 4.82. The van der Waals surface area contributed by atoms with Gasteiger partial charge in [0.25, 0.3) is 0 Å². The third-order valence-corrected chi connectivity index (χ3v) is 5.61. The molecule has 1 saturated heterocycles. The first-order valence-corrected chi connectivity index (χ1v) is 7.94. The van der Waals surface area contributed by atoms with Crippen molar-refractivity contribution in [2.75, 3.05) is 31.1 Å². The molecule has 102 valence electrons. The van der Waals surface area contributed by atoms with Crippen molar-refractivity contribution in [3.8, 4) is 0 Å². The lowest BCUT2D eigenvalue weighted by Crippen LogP contribution is -2.51. The number of anilines is 1. The standard InChI is InChI=1S/C17H24N2/c1-2-4-16(5-3-1)18-8-10-19(11-9-18)17-13-14-6-7-15(17)12-14/h1-5,14-15,17H,6-13H2/t14-,15+,17-/m1/s1. The van der Waals surface area contributed by atoms with Crippen molar-refractivity contribution >= 4 is 5.69 Å². The fourth-order valence-electron chi connectivity index (χ4n) is 4.61. The summed E-state index contributed by atoms with van der Waals surface area (Å²) in [6.07, 6.45) is 6.05. The molecule has 2 aliphatic carbocycles. The Morgan fingerprint density at radius 2 is 1.63 bits per heavy atom. The lowest BCUT2D eigenvalue weighted by Gasteiger charge is -2.41. The van der Waals surface area contributed by atoms with E-state index in [0.29, 0.717) is 0 Å². The molecule has 2 heteroatoms. The van der Waals surface area contributed by atoms with Crippen molar-refractivity contribution in [3.63, 3.8) is 0 Å². The van der Waals surface area contributed by atoms with Gasteiger partial charge in [0, 0.05) is 37.9 Å². The molecule has 2 nitrogen and oxygen atoms in total. The lowest BCUT2D eigenvalue weighted by molar-refractivity contribution is 0.135. The molecule has 19 heavy (non-hydrogen) atoms. The topological polar surface area (TPSA) is 6.48 Å². The Balaban J connectivity index is 1.38. The normalized spacial score (nSPS) is 34.9. The van der Waals surface area contributed by atoms with Gasteiger partial charge in [-0.25, -0.2) is 0 Å². The van der Waals surface area contributed by atoms with E-state index in [1.807, 2.05) is 0 Å². The molecule has 0 unspecified atom stereocenters. The molecular formula is C17H24N2. The first-order valence-electron chi connectivity index (χ1n) is 7.94. The Labute approximate surface area is 116 Å². The van der Waals surface area contributed by atoms with Gasteiger partial charge in [0.2, 0.25) is 0 Å². The minimum Gasteiger partial charge on any atom is -0.369 e. The Kier molecular flexibility index (Phi) is 2.99. The van der Waals surface area contributed by atoms with Crippen molar-refractivity contribution in [3.05, 3.63) is 30.3 Å². The molecule has 2 saturated carbocycles. The maximum absolute atomic E-state index is 2.79. The number of benzene rings is 1. The van der Waals surface area contributed by atoms with Crippen LogP contribution < -0.4 is 4.90 Å². The van der Waals surface area contributed by atoms with Crippen LogP contribution in [0.5, 0.6) is 0 Å². The van der Waals surface area contributed by atoms with Gasteiger partial charge in [-0.1, -0.05) is 24.6 Å². The largest absolute Gasteiger partial charge is 0.369 e. The number of nitrogens with zero attached hydrogens (tertiary/aromatic N) is 2. The molecular weight excluding hydrogens is 232 g/mol. The highest BCUT2D eigenvalue weighted by atomic mass is 15.3. The zero-order chi connectivity index (χ0) is 12.7.